The Hall–Kier alpha value is -0.770. The molecular formula is C5H9NO3. The summed E-state index contributed by atoms with van der Waals surface area (Å²) in [6.45, 7) is 2.03. The number of aliphatic hydroxyl groups excluding tert-OH is 1. The van der Waals surface area contributed by atoms with E-state index in [1.807, 2.05) is 0 Å². The Labute approximate surface area is 53.0 Å². The Kier molecular flexibility index (Phi) is 1.57. The fraction of sp³-hybridized carbons (Fsp3) is 0.800. The van der Waals surface area contributed by atoms with Crippen LogP contribution in [0.2, 0.25) is 0 Å². The zero-order valence-electron chi connectivity index (χ0n) is 5.20. The van der Waals surface area contributed by atoms with Gasteiger partial charge in [-0.2, -0.15) is 0 Å². The van der Waals surface area contributed by atoms with Crippen molar-refractivity contribution in [2.75, 3.05) is 13.3 Å². The molecular weight excluding hydrogens is 122 g/mol. The van der Waals surface area contributed by atoms with Crippen LogP contribution in [0.15, 0.2) is 0 Å². The van der Waals surface area contributed by atoms with Gasteiger partial charge in [0, 0.05) is 0 Å². The second-order valence-electron chi connectivity index (χ2n) is 2.06. The van der Waals surface area contributed by atoms with Gasteiger partial charge in [0.1, 0.15) is 12.8 Å². The lowest BCUT2D eigenvalue weighted by atomic mass is 10.4. The quantitative estimate of drug-likeness (QED) is 0.535. The van der Waals surface area contributed by atoms with Crippen LogP contribution in [0.5, 0.6) is 0 Å². The molecule has 9 heavy (non-hydrogen) atoms. The van der Waals surface area contributed by atoms with Gasteiger partial charge < -0.3 is 9.84 Å². The zero-order valence-corrected chi connectivity index (χ0v) is 5.20. The van der Waals surface area contributed by atoms with Gasteiger partial charge in [-0.3, -0.25) is 4.90 Å². The lowest BCUT2D eigenvalue weighted by molar-refractivity contribution is 0.114. The topological polar surface area (TPSA) is 49.8 Å². The third kappa shape index (κ3) is 1.13. The second kappa shape index (κ2) is 2.23. The monoisotopic (exact) mass is 131 g/mol. The SMILES string of the molecule is CC1CN(CO)C(=O)O1. The fourth-order valence-corrected chi connectivity index (χ4v) is 0.784. The fourth-order valence-electron chi connectivity index (χ4n) is 0.784. The summed E-state index contributed by atoms with van der Waals surface area (Å²) >= 11 is 0. The number of ether oxygens (including phenoxy) is 1. The number of hydrogen-bond acceptors (Lipinski definition) is 3. The Morgan fingerprint density at radius 1 is 2.00 bits per heavy atom. The van der Waals surface area contributed by atoms with Gasteiger partial charge in [-0.1, -0.05) is 0 Å². The molecule has 0 aromatic carbocycles. The van der Waals surface area contributed by atoms with E-state index in [1.165, 1.54) is 4.90 Å². The summed E-state index contributed by atoms with van der Waals surface area (Å²) in [7, 11) is 0. The average Bonchev–Trinajstić information content (AvgIpc) is 2.10. The molecule has 1 atom stereocenters. The molecule has 0 spiro atoms. The first kappa shape index (κ1) is 6.35. The molecule has 1 rings (SSSR count). The van der Waals surface area contributed by atoms with Gasteiger partial charge in [-0.05, 0) is 6.92 Å². The standard InChI is InChI=1S/C5H9NO3/c1-4-2-6(3-7)5(8)9-4/h4,7H,2-3H2,1H3. The van der Waals surface area contributed by atoms with Gasteiger partial charge in [0.15, 0.2) is 0 Å². The number of hydrogen-bond donors (Lipinski definition) is 1. The Bertz CT molecular complexity index is 125. The molecule has 1 amide bonds. The molecule has 4 heteroatoms. The van der Waals surface area contributed by atoms with Crippen molar-refractivity contribution < 1.29 is 14.6 Å². The molecule has 1 aliphatic heterocycles. The Morgan fingerprint density at radius 3 is 2.89 bits per heavy atom. The molecule has 1 unspecified atom stereocenters. The van der Waals surface area contributed by atoms with Gasteiger partial charge in [-0.25, -0.2) is 4.79 Å². The summed E-state index contributed by atoms with van der Waals surface area (Å²) in [6.07, 6.45) is -0.505. The maximum atomic E-state index is 10.6. The van der Waals surface area contributed by atoms with Crippen molar-refractivity contribution in [1.29, 1.82) is 0 Å². The average molecular weight is 131 g/mol. The minimum Gasteiger partial charge on any atom is -0.444 e. The van der Waals surface area contributed by atoms with Gasteiger partial charge >= 0.3 is 6.09 Å². The molecule has 52 valence electrons. The van der Waals surface area contributed by atoms with Crippen molar-refractivity contribution in [2.24, 2.45) is 0 Å². The summed E-state index contributed by atoms with van der Waals surface area (Å²) in [5.41, 5.74) is 0. The lowest BCUT2D eigenvalue weighted by Crippen LogP contribution is -2.25. The largest absolute Gasteiger partial charge is 0.444 e. The highest BCUT2D eigenvalue weighted by Crippen LogP contribution is 2.07. The van der Waals surface area contributed by atoms with Gasteiger partial charge in [-0.15, -0.1) is 0 Å². The maximum absolute atomic E-state index is 10.6. The van der Waals surface area contributed by atoms with Crippen LogP contribution in [0.4, 0.5) is 4.79 Å². The van der Waals surface area contributed by atoms with Crippen LogP contribution in [0.25, 0.3) is 0 Å². The van der Waals surface area contributed by atoms with Crippen LogP contribution in [-0.2, 0) is 4.74 Å². The first-order valence-corrected chi connectivity index (χ1v) is 2.80. The molecule has 1 saturated heterocycles. The zero-order chi connectivity index (χ0) is 6.85. The summed E-state index contributed by atoms with van der Waals surface area (Å²) in [4.78, 5) is 11.8. The molecule has 0 bridgehead atoms. The van der Waals surface area contributed by atoms with Gasteiger partial charge in [0.25, 0.3) is 0 Å². The van der Waals surface area contributed by atoms with Crippen LogP contribution >= 0.6 is 0 Å². The summed E-state index contributed by atoms with van der Waals surface area (Å²) < 4.78 is 4.69. The predicted octanol–water partition coefficient (Wildman–Crippen LogP) is -0.223. The first-order valence-electron chi connectivity index (χ1n) is 2.80. The van der Waals surface area contributed by atoms with E-state index in [0.717, 1.165) is 0 Å². The van der Waals surface area contributed by atoms with Gasteiger partial charge in [0.05, 0.1) is 6.54 Å². The lowest BCUT2D eigenvalue weighted by Gasteiger charge is -2.05. The number of rotatable bonds is 1. The van der Waals surface area contributed by atoms with E-state index < -0.39 is 6.09 Å². The maximum Gasteiger partial charge on any atom is 0.412 e. The molecule has 1 aliphatic rings. The molecule has 1 fully saturated rings. The third-order valence-corrected chi connectivity index (χ3v) is 1.21. The van der Waals surface area contributed by atoms with Crippen LogP contribution in [0, 0.1) is 0 Å². The third-order valence-electron chi connectivity index (χ3n) is 1.21. The number of aliphatic hydroxyl groups is 1. The molecule has 0 aromatic rings. The Balaban J connectivity index is 2.48. The van der Waals surface area contributed by atoms with E-state index in [1.54, 1.807) is 6.92 Å². The van der Waals surface area contributed by atoms with E-state index in [9.17, 15) is 4.79 Å². The van der Waals surface area contributed by atoms with Crippen molar-refractivity contribution >= 4 is 6.09 Å². The molecule has 1 N–H and O–H groups in total. The normalized spacial score (nSPS) is 26.7. The van der Waals surface area contributed by atoms with Gasteiger partial charge in [0.2, 0.25) is 0 Å². The first-order chi connectivity index (χ1) is 4.24. The van der Waals surface area contributed by atoms with Crippen LogP contribution in [0.3, 0.4) is 0 Å². The van der Waals surface area contributed by atoms with Crippen molar-refractivity contribution in [1.82, 2.24) is 4.90 Å². The predicted molar refractivity (Wildman–Crippen MR) is 29.7 cm³/mol. The van der Waals surface area contributed by atoms with E-state index in [0.29, 0.717) is 6.54 Å². The molecule has 0 radical (unpaired) electrons. The van der Waals surface area contributed by atoms with Crippen molar-refractivity contribution in [2.45, 2.75) is 13.0 Å². The highest BCUT2D eigenvalue weighted by atomic mass is 16.6. The summed E-state index contributed by atoms with van der Waals surface area (Å²) in [5, 5.41) is 8.48. The summed E-state index contributed by atoms with van der Waals surface area (Å²) in [6, 6.07) is 0. The molecule has 1 heterocycles. The Morgan fingerprint density at radius 2 is 2.67 bits per heavy atom. The number of nitrogens with zero attached hydrogens (tertiary/aromatic N) is 1. The highest BCUT2D eigenvalue weighted by molar-refractivity contribution is 5.69. The molecule has 0 aromatic heterocycles. The van der Waals surface area contributed by atoms with Crippen molar-refractivity contribution in [3.05, 3.63) is 0 Å². The molecule has 4 nitrogen and oxygen atoms in total. The van der Waals surface area contributed by atoms with Crippen molar-refractivity contribution in [3.63, 3.8) is 0 Å². The number of carbonyl (C=O) groups excluding carboxylic acids is 1. The molecule has 0 aliphatic carbocycles. The van der Waals surface area contributed by atoms with E-state index in [-0.39, 0.29) is 12.8 Å². The second-order valence-corrected chi connectivity index (χ2v) is 2.06. The number of amides is 1. The van der Waals surface area contributed by atoms with E-state index in [4.69, 9.17) is 9.84 Å². The van der Waals surface area contributed by atoms with E-state index in [2.05, 4.69) is 0 Å². The summed E-state index contributed by atoms with van der Waals surface area (Å²) in [5.74, 6) is 0. The van der Waals surface area contributed by atoms with Crippen LogP contribution in [0.1, 0.15) is 6.92 Å². The smallest absolute Gasteiger partial charge is 0.412 e. The number of carbonyl (C=O) groups is 1. The molecule has 0 saturated carbocycles. The van der Waals surface area contributed by atoms with Crippen molar-refractivity contribution in [3.8, 4) is 0 Å². The van der Waals surface area contributed by atoms with Crippen LogP contribution in [-0.4, -0.2) is 35.5 Å². The minimum atomic E-state index is -0.426. The minimum absolute atomic E-state index is 0.0790. The van der Waals surface area contributed by atoms with Crippen LogP contribution < -0.4 is 0 Å². The highest BCUT2D eigenvalue weighted by Gasteiger charge is 2.26. The number of cyclic esters (lactones) is 1. The van der Waals surface area contributed by atoms with E-state index >= 15 is 0 Å².